The number of hydrogen-bond acceptors (Lipinski definition) is 8. The number of esters is 1. The normalized spacial score (nSPS) is 44.4. The second-order valence-corrected chi connectivity index (χ2v) is 14.7. The fraction of sp³-hybridized carbons (Fsp3) is 0.879. The minimum atomic E-state index is -1.04. The van der Waals surface area contributed by atoms with Crippen molar-refractivity contribution in [2.45, 2.75) is 103 Å². The molecular weight excluding hydrogens is 540 g/mol. The first kappa shape index (κ1) is 33.0. The van der Waals surface area contributed by atoms with E-state index in [0.717, 1.165) is 44.9 Å². The minimum absolute atomic E-state index is 0.0271. The lowest BCUT2D eigenvalue weighted by Crippen LogP contribution is -2.68. The smallest absolute Gasteiger partial charge is 0.333 e. The van der Waals surface area contributed by atoms with E-state index in [0.29, 0.717) is 48.2 Å². The summed E-state index contributed by atoms with van der Waals surface area (Å²) in [6.07, 6.45) is 5.86. The van der Waals surface area contributed by atoms with E-state index in [1.165, 1.54) is 0 Å². The molecule has 0 aromatic carbocycles. The SMILES string of the molecule is C/C=C(\C)C(=O)OC1[C@H](O)C2(COC)C(CC(C3CCC4C(COC)C(O)CCC4C3CC=S)C[C@H]2O)CC1(C)C. The maximum atomic E-state index is 12.8. The van der Waals surface area contributed by atoms with Gasteiger partial charge in [0, 0.05) is 31.1 Å². The van der Waals surface area contributed by atoms with Gasteiger partial charge in [-0.1, -0.05) is 32.1 Å². The van der Waals surface area contributed by atoms with Crippen molar-refractivity contribution in [3.63, 3.8) is 0 Å². The number of allylic oxidation sites excluding steroid dienone is 1. The average molecular weight is 595 g/mol. The molecule has 4 aliphatic carbocycles. The number of thiocarbonyl (C=S) groups is 1. The zero-order valence-electron chi connectivity index (χ0n) is 26.0. The molecule has 0 radical (unpaired) electrons. The van der Waals surface area contributed by atoms with Gasteiger partial charge in [0.15, 0.2) is 0 Å². The van der Waals surface area contributed by atoms with Gasteiger partial charge >= 0.3 is 5.97 Å². The molecule has 12 atom stereocenters. The number of carbonyl (C=O) groups is 1. The van der Waals surface area contributed by atoms with Gasteiger partial charge in [-0.2, -0.15) is 0 Å². The summed E-state index contributed by atoms with van der Waals surface area (Å²) in [5, 5.41) is 36.6. The van der Waals surface area contributed by atoms with Crippen molar-refractivity contribution in [2.24, 2.45) is 52.3 Å². The molecule has 234 valence electrons. The molecule has 4 fully saturated rings. The summed E-state index contributed by atoms with van der Waals surface area (Å²) in [5.74, 6) is 1.84. The third-order valence-electron chi connectivity index (χ3n) is 11.9. The molecular formula is C33H54O7S. The molecule has 4 rings (SSSR count). The maximum Gasteiger partial charge on any atom is 0.333 e. The van der Waals surface area contributed by atoms with Gasteiger partial charge in [-0.3, -0.25) is 0 Å². The van der Waals surface area contributed by atoms with Gasteiger partial charge in [0.2, 0.25) is 0 Å². The van der Waals surface area contributed by atoms with Crippen molar-refractivity contribution in [1.82, 2.24) is 0 Å². The molecule has 4 aliphatic rings. The fourth-order valence-electron chi connectivity index (χ4n) is 9.82. The van der Waals surface area contributed by atoms with Gasteiger partial charge in [0.05, 0.1) is 30.8 Å². The zero-order chi connectivity index (χ0) is 30.1. The molecule has 0 heterocycles. The molecule has 3 N–H and O–H groups in total. The van der Waals surface area contributed by atoms with Crippen LogP contribution in [0, 0.1) is 52.3 Å². The van der Waals surface area contributed by atoms with Crippen molar-refractivity contribution in [2.75, 3.05) is 27.4 Å². The van der Waals surface area contributed by atoms with Gasteiger partial charge < -0.3 is 29.5 Å². The monoisotopic (exact) mass is 594 g/mol. The van der Waals surface area contributed by atoms with E-state index in [4.69, 9.17) is 26.4 Å². The number of methoxy groups -OCH3 is 2. The highest BCUT2D eigenvalue weighted by molar-refractivity contribution is 7.78. The molecule has 4 saturated carbocycles. The van der Waals surface area contributed by atoms with Crippen LogP contribution in [-0.2, 0) is 19.0 Å². The highest BCUT2D eigenvalue weighted by atomic mass is 32.1. The lowest BCUT2D eigenvalue weighted by molar-refractivity contribution is -0.255. The van der Waals surface area contributed by atoms with Crippen molar-refractivity contribution in [1.29, 1.82) is 0 Å². The summed E-state index contributed by atoms with van der Waals surface area (Å²) < 4.78 is 17.2. The summed E-state index contributed by atoms with van der Waals surface area (Å²) >= 11 is 5.43. The largest absolute Gasteiger partial charge is 0.456 e. The second kappa shape index (κ2) is 13.4. The predicted molar refractivity (Wildman–Crippen MR) is 162 cm³/mol. The molecule has 0 spiro atoms. The summed E-state index contributed by atoms with van der Waals surface area (Å²) in [6, 6.07) is 0. The van der Waals surface area contributed by atoms with Crippen LogP contribution in [0.15, 0.2) is 11.6 Å². The first-order valence-electron chi connectivity index (χ1n) is 15.8. The van der Waals surface area contributed by atoms with Gasteiger partial charge in [0.25, 0.3) is 0 Å². The molecule has 0 aromatic heterocycles. The number of rotatable bonds is 9. The van der Waals surface area contributed by atoms with E-state index >= 15 is 0 Å². The van der Waals surface area contributed by atoms with Crippen molar-refractivity contribution >= 4 is 23.6 Å². The lowest BCUT2D eigenvalue weighted by atomic mass is 9.46. The number of aliphatic hydroxyl groups is 3. The fourth-order valence-corrected chi connectivity index (χ4v) is 10.0. The number of carbonyl (C=O) groups excluding carboxylic acids is 1. The molecule has 0 aromatic rings. The Morgan fingerprint density at radius 3 is 2.27 bits per heavy atom. The maximum absolute atomic E-state index is 12.8. The zero-order valence-corrected chi connectivity index (χ0v) is 26.8. The Balaban J connectivity index is 1.61. The molecule has 10 unspecified atom stereocenters. The molecule has 0 saturated heterocycles. The van der Waals surface area contributed by atoms with Crippen LogP contribution in [-0.4, -0.2) is 78.5 Å². The summed E-state index contributed by atoms with van der Waals surface area (Å²) in [7, 11) is 3.34. The van der Waals surface area contributed by atoms with E-state index in [2.05, 4.69) is 13.8 Å². The van der Waals surface area contributed by atoms with Crippen molar-refractivity contribution < 1.29 is 34.3 Å². The number of fused-ring (bicyclic) bond motifs is 2. The van der Waals surface area contributed by atoms with Crippen molar-refractivity contribution in [3.8, 4) is 0 Å². The second-order valence-electron chi connectivity index (χ2n) is 14.3. The highest BCUT2D eigenvalue weighted by Gasteiger charge is 2.64. The van der Waals surface area contributed by atoms with E-state index in [1.807, 2.05) is 5.37 Å². The molecule has 0 aliphatic heterocycles. The number of hydrogen-bond donors (Lipinski definition) is 3. The standard InChI is InChI=1S/C33H54O7S/c1-7-19(2)31(37)40-30-29(36)33(18-39-6)21(16-32(30,3)4)14-20(15-28(33)35)22-8-9-24-23(25(22)12-13-41)10-11-27(34)26(24)17-38-5/h7,13,20-30,34-36H,8-12,14-18H2,1-6H3/b19-7+/t20?,21?,22?,23?,24?,25?,26?,27?,28-,29+,30?,33?/m1/s1. The van der Waals surface area contributed by atoms with Gasteiger partial charge in [-0.15, -0.1) is 0 Å². The van der Waals surface area contributed by atoms with Crippen molar-refractivity contribution in [3.05, 3.63) is 11.6 Å². The third-order valence-corrected chi connectivity index (χ3v) is 12.1. The van der Waals surface area contributed by atoms with Gasteiger partial charge in [-0.25, -0.2) is 4.79 Å². The summed E-state index contributed by atoms with van der Waals surface area (Å²) in [4.78, 5) is 12.8. The summed E-state index contributed by atoms with van der Waals surface area (Å²) in [6.45, 7) is 8.45. The Kier molecular flexibility index (Phi) is 10.8. The number of aliphatic hydroxyl groups excluding tert-OH is 3. The first-order valence-corrected chi connectivity index (χ1v) is 16.2. The number of ether oxygens (including phenoxy) is 3. The van der Waals surface area contributed by atoms with Gasteiger partial charge in [0.1, 0.15) is 12.2 Å². The molecule has 8 heteroatoms. The Bertz CT molecular complexity index is 952. The van der Waals surface area contributed by atoms with Crippen LogP contribution in [0.3, 0.4) is 0 Å². The Labute approximate surface area is 252 Å². The van der Waals surface area contributed by atoms with Crippen LogP contribution in [0.4, 0.5) is 0 Å². The highest BCUT2D eigenvalue weighted by Crippen LogP contribution is 2.61. The van der Waals surface area contributed by atoms with E-state index < -0.39 is 35.1 Å². The average Bonchev–Trinajstić information content (AvgIpc) is 2.93. The van der Waals surface area contributed by atoms with E-state index in [1.54, 1.807) is 34.1 Å². The Hall–Kier alpha value is -0.900. The van der Waals surface area contributed by atoms with E-state index in [9.17, 15) is 20.1 Å². The Morgan fingerprint density at radius 2 is 1.63 bits per heavy atom. The first-order chi connectivity index (χ1) is 19.5. The third kappa shape index (κ3) is 6.08. The Morgan fingerprint density at radius 1 is 0.976 bits per heavy atom. The topological polar surface area (TPSA) is 105 Å². The van der Waals surface area contributed by atoms with Crippen LogP contribution in [0.25, 0.3) is 0 Å². The van der Waals surface area contributed by atoms with Crippen LogP contribution >= 0.6 is 12.2 Å². The molecule has 0 bridgehead atoms. The van der Waals surface area contributed by atoms with Crippen LogP contribution in [0.1, 0.15) is 79.1 Å². The quantitative estimate of drug-likeness (QED) is 0.200. The molecule has 7 nitrogen and oxygen atoms in total. The summed E-state index contributed by atoms with van der Waals surface area (Å²) in [5.41, 5.74) is -0.862. The van der Waals surface area contributed by atoms with Crippen LogP contribution in [0.5, 0.6) is 0 Å². The minimum Gasteiger partial charge on any atom is -0.456 e. The lowest BCUT2D eigenvalue weighted by Gasteiger charge is -2.61. The predicted octanol–water partition coefficient (Wildman–Crippen LogP) is 4.74. The van der Waals surface area contributed by atoms with Crippen LogP contribution in [0.2, 0.25) is 0 Å². The van der Waals surface area contributed by atoms with Crippen LogP contribution < -0.4 is 0 Å². The van der Waals surface area contributed by atoms with Gasteiger partial charge in [-0.05, 0) is 106 Å². The molecule has 41 heavy (non-hydrogen) atoms. The van der Waals surface area contributed by atoms with E-state index in [-0.39, 0.29) is 24.5 Å². The molecule has 0 amide bonds.